The summed E-state index contributed by atoms with van der Waals surface area (Å²) in [6.07, 6.45) is -7.81. The zero-order valence-corrected chi connectivity index (χ0v) is 8.32. The van der Waals surface area contributed by atoms with E-state index in [9.17, 15) is 19.8 Å². The van der Waals surface area contributed by atoms with Gasteiger partial charge in [0.15, 0.2) is 11.9 Å². The standard InChI is InChI=1S/C8H14O7/c1-3(9)4(10)5(11)6(12)7(13)8(14)15-2/h4-7,10-13H,1-2H3/t4-,5+,6+,7-/m0/s1. The third-order valence-corrected chi connectivity index (χ3v) is 1.86. The quantitative estimate of drug-likeness (QED) is 0.370. The van der Waals surface area contributed by atoms with Crippen LogP contribution in [0.1, 0.15) is 6.92 Å². The summed E-state index contributed by atoms with van der Waals surface area (Å²) >= 11 is 0. The van der Waals surface area contributed by atoms with Crippen molar-refractivity contribution in [3.63, 3.8) is 0 Å². The summed E-state index contributed by atoms with van der Waals surface area (Å²) in [4.78, 5) is 21.4. The largest absolute Gasteiger partial charge is 0.467 e. The highest BCUT2D eigenvalue weighted by atomic mass is 16.5. The van der Waals surface area contributed by atoms with Gasteiger partial charge in [0.2, 0.25) is 0 Å². The second-order valence-corrected chi connectivity index (χ2v) is 3.00. The molecule has 7 nitrogen and oxygen atoms in total. The van der Waals surface area contributed by atoms with Crippen molar-refractivity contribution in [3.8, 4) is 0 Å². The summed E-state index contributed by atoms with van der Waals surface area (Å²) in [6.45, 7) is 0.991. The minimum Gasteiger partial charge on any atom is -0.467 e. The monoisotopic (exact) mass is 222 g/mol. The molecule has 0 aromatic rings. The van der Waals surface area contributed by atoms with Crippen LogP contribution in [0.2, 0.25) is 0 Å². The summed E-state index contributed by atoms with van der Waals surface area (Å²) < 4.78 is 4.10. The Kier molecular flexibility index (Phi) is 5.37. The predicted octanol–water partition coefficient (Wildman–Crippen LogP) is -2.81. The third kappa shape index (κ3) is 3.56. The number of carbonyl (C=O) groups is 2. The highest BCUT2D eigenvalue weighted by molar-refractivity contribution is 5.81. The number of ether oxygens (including phenoxy) is 1. The summed E-state index contributed by atoms with van der Waals surface area (Å²) in [6, 6.07) is 0. The van der Waals surface area contributed by atoms with Crippen LogP contribution < -0.4 is 0 Å². The van der Waals surface area contributed by atoms with Gasteiger partial charge in [-0.05, 0) is 6.92 Å². The number of rotatable bonds is 5. The number of hydrogen-bond donors (Lipinski definition) is 4. The van der Waals surface area contributed by atoms with Crippen LogP contribution in [-0.4, -0.2) is 63.7 Å². The first-order valence-electron chi connectivity index (χ1n) is 4.13. The lowest BCUT2D eigenvalue weighted by atomic mass is 10.0. The van der Waals surface area contributed by atoms with E-state index in [1.807, 2.05) is 0 Å². The van der Waals surface area contributed by atoms with Gasteiger partial charge in [0.1, 0.15) is 18.3 Å². The van der Waals surface area contributed by atoms with Gasteiger partial charge >= 0.3 is 5.97 Å². The van der Waals surface area contributed by atoms with Crippen LogP contribution in [0.25, 0.3) is 0 Å². The van der Waals surface area contributed by atoms with E-state index in [1.165, 1.54) is 0 Å². The zero-order chi connectivity index (χ0) is 12.2. The molecule has 0 heterocycles. The smallest absolute Gasteiger partial charge is 0.337 e. The Labute approximate surface area is 85.9 Å². The lowest BCUT2D eigenvalue weighted by Gasteiger charge is -2.23. The maximum Gasteiger partial charge on any atom is 0.337 e. The molecule has 0 fully saturated rings. The van der Waals surface area contributed by atoms with E-state index in [4.69, 9.17) is 10.2 Å². The first-order valence-corrected chi connectivity index (χ1v) is 4.13. The van der Waals surface area contributed by atoms with Crippen LogP contribution in [0.4, 0.5) is 0 Å². The van der Waals surface area contributed by atoms with E-state index in [-0.39, 0.29) is 0 Å². The molecular formula is C8H14O7. The van der Waals surface area contributed by atoms with Crippen LogP contribution in [0.3, 0.4) is 0 Å². The number of hydrogen-bond acceptors (Lipinski definition) is 7. The second kappa shape index (κ2) is 5.76. The summed E-state index contributed by atoms with van der Waals surface area (Å²) in [5.74, 6) is -1.96. The molecule has 4 atom stereocenters. The molecule has 0 rings (SSSR count). The Balaban J connectivity index is 4.49. The van der Waals surface area contributed by atoms with Crippen molar-refractivity contribution in [2.24, 2.45) is 0 Å². The van der Waals surface area contributed by atoms with Gasteiger partial charge in [-0.3, -0.25) is 4.79 Å². The average molecular weight is 222 g/mol. The minimum absolute atomic E-state index is 0.793. The van der Waals surface area contributed by atoms with Crippen molar-refractivity contribution in [1.82, 2.24) is 0 Å². The van der Waals surface area contributed by atoms with E-state index in [2.05, 4.69) is 4.74 Å². The van der Waals surface area contributed by atoms with Gasteiger partial charge in [-0.1, -0.05) is 0 Å². The molecule has 0 saturated carbocycles. The third-order valence-electron chi connectivity index (χ3n) is 1.86. The number of methoxy groups -OCH3 is 1. The molecule has 15 heavy (non-hydrogen) atoms. The number of carbonyl (C=O) groups excluding carboxylic acids is 2. The van der Waals surface area contributed by atoms with Crippen LogP contribution >= 0.6 is 0 Å². The Morgan fingerprint density at radius 2 is 1.40 bits per heavy atom. The van der Waals surface area contributed by atoms with E-state index in [0.29, 0.717) is 0 Å². The Morgan fingerprint density at radius 3 is 1.73 bits per heavy atom. The fourth-order valence-electron chi connectivity index (χ4n) is 0.874. The molecule has 0 radical (unpaired) electrons. The van der Waals surface area contributed by atoms with Gasteiger partial charge in [0, 0.05) is 0 Å². The van der Waals surface area contributed by atoms with Gasteiger partial charge in [0.25, 0.3) is 0 Å². The molecular weight excluding hydrogens is 208 g/mol. The lowest BCUT2D eigenvalue weighted by Crippen LogP contribution is -2.49. The van der Waals surface area contributed by atoms with Gasteiger partial charge in [-0.25, -0.2) is 4.79 Å². The number of aliphatic hydroxyl groups excluding tert-OH is 4. The number of ketones is 1. The van der Waals surface area contributed by atoms with Gasteiger partial charge < -0.3 is 25.2 Å². The van der Waals surface area contributed by atoms with Crippen LogP contribution in [0.5, 0.6) is 0 Å². The fraction of sp³-hybridized carbons (Fsp3) is 0.750. The van der Waals surface area contributed by atoms with E-state index >= 15 is 0 Å². The van der Waals surface area contributed by atoms with Crippen LogP contribution in [-0.2, 0) is 14.3 Å². The maximum atomic E-state index is 10.7. The Morgan fingerprint density at radius 1 is 1.00 bits per heavy atom. The molecule has 0 saturated heterocycles. The highest BCUT2D eigenvalue weighted by Gasteiger charge is 2.36. The normalized spacial score (nSPS) is 18.8. The van der Waals surface area contributed by atoms with Crippen molar-refractivity contribution in [3.05, 3.63) is 0 Å². The first kappa shape index (κ1) is 14.0. The number of aliphatic hydroxyl groups is 4. The molecule has 0 unspecified atom stereocenters. The molecule has 0 amide bonds. The molecule has 0 bridgehead atoms. The lowest BCUT2D eigenvalue weighted by molar-refractivity contribution is -0.168. The molecule has 0 spiro atoms. The average Bonchev–Trinajstić information content (AvgIpc) is 2.23. The molecule has 4 N–H and O–H groups in total. The second-order valence-electron chi connectivity index (χ2n) is 3.00. The van der Waals surface area contributed by atoms with Crippen molar-refractivity contribution < 1.29 is 34.8 Å². The van der Waals surface area contributed by atoms with E-state index in [1.54, 1.807) is 0 Å². The van der Waals surface area contributed by atoms with Crippen LogP contribution in [0, 0.1) is 0 Å². The molecule has 0 aliphatic carbocycles. The van der Waals surface area contributed by atoms with Crippen molar-refractivity contribution >= 4 is 11.8 Å². The Bertz CT molecular complexity index is 239. The highest BCUT2D eigenvalue weighted by Crippen LogP contribution is 2.07. The predicted molar refractivity (Wildman–Crippen MR) is 46.7 cm³/mol. The van der Waals surface area contributed by atoms with Crippen molar-refractivity contribution in [2.45, 2.75) is 31.3 Å². The SMILES string of the molecule is COC(=O)[C@@H](O)[C@H](O)[C@H](O)[C@@H](O)C(C)=O. The molecule has 88 valence electrons. The number of esters is 1. The van der Waals surface area contributed by atoms with Gasteiger partial charge in [-0.2, -0.15) is 0 Å². The molecule has 0 aromatic heterocycles. The molecule has 0 aliphatic heterocycles. The Hall–Kier alpha value is -1.02. The maximum absolute atomic E-state index is 10.7. The fourth-order valence-corrected chi connectivity index (χ4v) is 0.874. The molecule has 7 heteroatoms. The van der Waals surface area contributed by atoms with E-state index < -0.39 is 36.2 Å². The van der Waals surface area contributed by atoms with Crippen molar-refractivity contribution in [1.29, 1.82) is 0 Å². The van der Waals surface area contributed by atoms with Gasteiger partial charge in [-0.15, -0.1) is 0 Å². The van der Waals surface area contributed by atoms with E-state index in [0.717, 1.165) is 14.0 Å². The first-order chi connectivity index (χ1) is 6.82. The zero-order valence-electron chi connectivity index (χ0n) is 8.32. The summed E-state index contributed by atoms with van der Waals surface area (Å²) in [7, 11) is 0.978. The molecule has 0 aromatic carbocycles. The van der Waals surface area contributed by atoms with Crippen LogP contribution in [0.15, 0.2) is 0 Å². The molecule has 0 aliphatic rings. The minimum atomic E-state index is -2.01. The summed E-state index contributed by atoms with van der Waals surface area (Å²) in [5.41, 5.74) is 0. The number of Topliss-reactive ketones (excluding diaryl/α,β-unsaturated/α-hetero) is 1. The van der Waals surface area contributed by atoms with Gasteiger partial charge in [0.05, 0.1) is 7.11 Å². The van der Waals surface area contributed by atoms with Crippen molar-refractivity contribution in [2.75, 3.05) is 7.11 Å². The topological polar surface area (TPSA) is 124 Å². The summed E-state index contributed by atoms with van der Waals surface area (Å²) in [5, 5.41) is 36.5.